The quantitative estimate of drug-likeness (QED) is 0.523. The number of sulfonamides is 1. The summed E-state index contributed by atoms with van der Waals surface area (Å²) in [6.45, 7) is 1.19. The molecule has 3 rings (SSSR count). The second-order valence-corrected chi connectivity index (χ2v) is 8.64. The van der Waals surface area contributed by atoms with Gasteiger partial charge in [-0.3, -0.25) is 9.59 Å². The number of hydrogen-bond donors (Lipinski definition) is 2. The lowest BCUT2D eigenvalue weighted by molar-refractivity contribution is -0.149. The number of methoxy groups -OCH3 is 1. The summed E-state index contributed by atoms with van der Waals surface area (Å²) in [6, 6.07) is 11.7. The van der Waals surface area contributed by atoms with Crippen LogP contribution in [0.25, 0.3) is 0 Å². The molecule has 0 saturated carbocycles. The van der Waals surface area contributed by atoms with Crippen molar-refractivity contribution in [3.8, 4) is 17.2 Å². The third kappa shape index (κ3) is 6.11. The van der Waals surface area contributed by atoms with Gasteiger partial charge in [0.1, 0.15) is 24.5 Å². The molecule has 1 heterocycles. The van der Waals surface area contributed by atoms with E-state index >= 15 is 0 Å². The van der Waals surface area contributed by atoms with Crippen LogP contribution in [-0.4, -0.2) is 59.3 Å². The van der Waals surface area contributed by atoms with Gasteiger partial charge in [-0.1, -0.05) is 12.1 Å². The standard InChI is InChI=1S/C21H24N2O8S/c1-14(23-32(26,27)17-9-7-15(28-2)8-10-17)21(25)30-13-20(24)22-11-16-12-29-18-5-3-4-6-19(18)31-16/h3-10,14,16,23H,11-13H2,1-2H3,(H,22,24)/t14-,16?/m0/s1. The van der Waals surface area contributed by atoms with E-state index in [4.69, 9.17) is 18.9 Å². The molecule has 10 nitrogen and oxygen atoms in total. The average molecular weight is 464 g/mol. The number of carbonyl (C=O) groups is 2. The highest BCUT2D eigenvalue weighted by Crippen LogP contribution is 2.30. The maximum atomic E-state index is 12.4. The van der Waals surface area contributed by atoms with Crippen molar-refractivity contribution in [1.82, 2.24) is 10.0 Å². The van der Waals surface area contributed by atoms with Crippen molar-refractivity contribution in [2.24, 2.45) is 0 Å². The monoisotopic (exact) mass is 464 g/mol. The lowest BCUT2D eigenvalue weighted by Gasteiger charge is -2.26. The van der Waals surface area contributed by atoms with Gasteiger partial charge in [-0.15, -0.1) is 0 Å². The van der Waals surface area contributed by atoms with E-state index in [1.54, 1.807) is 12.1 Å². The van der Waals surface area contributed by atoms with Crippen molar-refractivity contribution in [2.45, 2.75) is 24.0 Å². The molecule has 172 valence electrons. The Morgan fingerprint density at radius 2 is 1.81 bits per heavy atom. The third-order valence-corrected chi connectivity index (χ3v) is 6.05. The van der Waals surface area contributed by atoms with E-state index in [1.165, 1.54) is 38.3 Å². The molecule has 1 aliphatic rings. The van der Waals surface area contributed by atoms with Crippen molar-refractivity contribution in [1.29, 1.82) is 0 Å². The maximum absolute atomic E-state index is 12.4. The zero-order valence-electron chi connectivity index (χ0n) is 17.6. The van der Waals surface area contributed by atoms with Gasteiger partial charge in [0.05, 0.1) is 18.6 Å². The van der Waals surface area contributed by atoms with Gasteiger partial charge in [-0.25, -0.2) is 8.42 Å². The molecule has 2 aromatic carbocycles. The average Bonchev–Trinajstić information content (AvgIpc) is 2.80. The van der Waals surface area contributed by atoms with Gasteiger partial charge in [0.2, 0.25) is 10.0 Å². The fourth-order valence-electron chi connectivity index (χ4n) is 2.81. The molecule has 1 unspecified atom stereocenters. The highest BCUT2D eigenvalue weighted by atomic mass is 32.2. The molecule has 0 bridgehead atoms. The number of para-hydroxylation sites is 2. The van der Waals surface area contributed by atoms with Gasteiger partial charge in [0, 0.05) is 0 Å². The Bertz CT molecular complexity index is 1060. The Morgan fingerprint density at radius 1 is 1.12 bits per heavy atom. The molecule has 0 aromatic heterocycles. The number of benzene rings is 2. The Kier molecular flexibility index (Phi) is 7.54. The minimum atomic E-state index is -3.95. The molecule has 32 heavy (non-hydrogen) atoms. The van der Waals surface area contributed by atoms with Crippen molar-refractivity contribution in [2.75, 3.05) is 26.9 Å². The number of fused-ring (bicyclic) bond motifs is 1. The fraction of sp³-hybridized carbons (Fsp3) is 0.333. The van der Waals surface area contributed by atoms with E-state index in [1.807, 2.05) is 12.1 Å². The summed E-state index contributed by atoms with van der Waals surface area (Å²) in [5.41, 5.74) is 0. The van der Waals surface area contributed by atoms with Crippen LogP contribution in [0, 0.1) is 0 Å². The van der Waals surface area contributed by atoms with Crippen LogP contribution in [0.2, 0.25) is 0 Å². The minimum Gasteiger partial charge on any atom is -0.497 e. The highest BCUT2D eigenvalue weighted by molar-refractivity contribution is 7.89. The molecule has 11 heteroatoms. The van der Waals surface area contributed by atoms with Crippen molar-refractivity contribution in [3.63, 3.8) is 0 Å². The third-order valence-electron chi connectivity index (χ3n) is 4.50. The van der Waals surface area contributed by atoms with Gasteiger partial charge >= 0.3 is 5.97 Å². The lowest BCUT2D eigenvalue weighted by Crippen LogP contribution is -2.43. The molecule has 0 spiro atoms. The molecule has 2 aromatic rings. The molecule has 2 N–H and O–H groups in total. The van der Waals surface area contributed by atoms with Gasteiger partial charge in [-0.05, 0) is 43.3 Å². The summed E-state index contributed by atoms with van der Waals surface area (Å²) in [7, 11) is -2.49. The molecule has 0 saturated heterocycles. The van der Waals surface area contributed by atoms with Crippen LogP contribution in [0.1, 0.15) is 6.92 Å². The van der Waals surface area contributed by atoms with Gasteiger partial charge in [0.25, 0.3) is 5.91 Å². The summed E-state index contributed by atoms with van der Waals surface area (Å²) in [6.07, 6.45) is -0.389. The lowest BCUT2D eigenvalue weighted by atomic mass is 10.2. The Labute approximate surface area is 185 Å². The van der Waals surface area contributed by atoms with Gasteiger partial charge < -0.3 is 24.3 Å². The van der Waals surface area contributed by atoms with E-state index in [-0.39, 0.29) is 24.2 Å². The Balaban J connectivity index is 1.42. The summed E-state index contributed by atoms with van der Waals surface area (Å²) in [5, 5.41) is 2.59. The predicted octanol–water partition coefficient (Wildman–Crippen LogP) is 0.861. The van der Waals surface area contributed by atoms with Crippen molar-refractivity contribution in [3.05, 3.63) is 48.5 Å². The summed E-state index contributed by atoms with van der Waals surface area (Å²) in [5.74, 6) is 0.281. The van der Waals surface area contributed by atoms with E-state index < -0.39 is 34.5 Å². The zero-order chi connectivity index (χ0) is 23.1. The number of amides is 1. The van der Waals surface area contributed by atoms with Crippen molar-refractivity contribution >= 4 is 21.9 Å². The predicted molar refractivity (Wildman–Crippen MR) is 113 cm³/mol. The van der Waals surface area contributed by atoms with E-state index in [0.717, 1.165) is 0 Å². The van der Waals surface area contributed by atoms with Crippen LogP contribution in [-0.2, 0) is 24.3 Å². The molecular formula is C21H24N2O8S. The molecule has 1 aliphatic heterocycles. The molecular weight excluding hydrogens is 440 g/mol. The first-order valence-electron chi connectivity index (χ1n) is 9.76. The normalized spacial score (nSPS) is 16.0. The van der Waals surface area contributed by atoms with Gasteiger partial charge in [-0.2, -0.15) is 4.72 Å². The topological polar surface area (TPSA) is 129 Å². The zero-order valence-corrected chi connectivity index (χ0v) is 18.4. The van der Waals surface area contributed by atoms with E-state index in [2.05, 4.69) is 10.0 Å². The van der Waals surface area contributed by atoms with Crippen molar-refractivity contribution < 1.29 is 37.0 Å². The van der Waals surface area contributed by atoms with Crippen LogP contribution >= 0.6 is 0 Å². The molecule has 2 atom stereocenters. The van der Waals surface area contributed by atoms with Crippen LogP contribution in [0.4, 0.5) is 0 Å². The second-order valence-electron chi connectivity index (χ2n) is 6.93. The number of hydrogen-bond acceptors (Lipinski definition) is 8. The Morgan fingerprint density at radius 3 is 2.50 bits per heavy atom. The maximum Gasteiger partial charge on any atom is 0.324 e. The first-order valence-corrected chi connectivity index (χ1v) is 11.2. The van der Waals surface area contributed by atoms with Crippen LogP contribution in [0.3, 0.4) is 0 Å². The Hall–Kier alpha value is -3.31. The largest absolute Gasteiger partial charge is 0.497 e. The number of carbonyl (C=O) groups excluding carboxylic acids is 2. The molecule has 0 fully saturated rings. The first kappa shape index (κ1) is 23.4. The summed E-state index contributed by atoms with van der Waals surface area (Å²) in [4.78, 5) is 24.1. The second kappa shape index (κ2) is 10.3. The highest BCUT2D eigenvalue weighted by Gasteiger charge is 2.25. The summed E-state index contributed by atoms with van der Waals surface area (Å²) >= 11 is 0. The fourth-order valence-corrected chi connectivity index (χ4v) is 4.00. The SMILES string of the molecule is COc1ccc(S(=O)(=O)N[C@@H](C)C(=O)OCC(=O)NCC2COc3ccccc3O2)cc1. The van der Waals surface area contributed by atoms with E-state index in [0.29, 0.717) is 17.2 Å². The molecule has 0 aliphatic carbocycles. The van der Waals surface area contributed by atoms with Crippen LogP contribution in [0.15, 0.2) is 53.4 Å². The van der Waals surface area contributed by atoms with Gasteiger partial charge in [0.15, 0.2) is 18.1 Å². The number of rotatable bonds is 9. The first-order chi connectivity index (χ1) is 15.3. The molecule has 0 radical (unpaired) electrons. The van der Waals surface area contributed by atoms with Crippen LogP contribution in [0.5, 0.6) is 17.2 Å². The van der Waals surface area contributed by atoms with E-state index in [9.17, 15) is 18.0 Å². The number of nitrogens with one attached hydrogen (secondary N) is 2. The summed E-state index contributed by atoms with van der Waals surface area (Å²) < 4.78 is 48.2. The smallest absolute Gasteiger partial charge is 0.324 e. The number of ether oxygens (including phenoxy) is 4. The molecule has 1 amide bonds. The van der Waals surface area contributed by atoms with Crippen LogP contribution < -0.4 is 24.2 Å². The minimum absolute atomic E-state index is 0.0352. The number of esters is 1.